The molecule has 156 valence electrons. The minimum Gasteiger partial charge on any atom is -0.325 e. The Kier molecular flexibility index (Phi) is 6.12. The molecular formula is C20H14ClN5O3S2. The number of nitro benzene ring substituents is 1. The summed E-state index contributed by atoms with van der Waals surface area (Å²) in [6.07, 6.45) is 1.42. The van der Waals surface area contributed by atoms with Crippen molar-refractivity contribution < 1.29 is 9.72 Å². The zero-order valence-electron chi connectivity index (χ0n) is 16.0. The summed E-state index contributed by atoms with van der Waals surface area (Å²) in [4.78, 5) is 31.4. The van der Waals surface area contributed by atoms with Gasteiger partial charge in [-0.2, -0.15) is 4.37 Å². The van der Waals surface area contributed by atoms with Crippen LogP contribution < -0.4 is 5.32 Å². The summed E-state index contributed by atoms with van der Waals surface area (Å²) in [5.74, 6) is -0.0284. The number of aromatic nitrogens is 3. The molecular weight excluding hydrogens is 458 g/mol. The highest BCUT2D eigenvalue weighted by Gasteiger charge is 2.16. The van der Waals surface area contributed by atoms with Crippen LogP contribution in [-0.4, -0.2) is 30.9 Å². The number of anilines is 1. The van der Waals surface area contributed by atoms with Crippen LogP contribution in [0.5, 0.6) is 0 Å². The molecule has 0 spiro atoms. The van der Waals surface area contributed by atoms with E-state index in [4.69, 9.17) is 11.6 Å². The lowest BCUT2D eigenvalue weighted by atomic mass is 10.1. The Labute approximate surface area is 190 Å². The number of nitro groups is 1. The first kappa shape index (κ1) is 21.2. The van der Waals surface area contributed by atoms with Gasteiger partial charge in [0.25, 0.3) is 5.69 Å². The van der Waals surface area contributed by atoms with E-state index in [1.54, 1.807) is 24.3 Å². The standard InChI is InChI=1S/C20H14ClN5O3S2/c1-11-2-5-13(8-15(11)21)24-16(27)9-30-20-19-18(22-10-23-20)17(25-31-19)12-3-6-14(7-4-12)26(28)29/h2-8,10H,9H2,1H3,(H,24,27). The molecule has 0 fully saturated rings. The van der Waals surface area contributed by atoms with E-state index in [2.05, 4.69) is 19.7 Å². The van der Waals surface area contributed by atoms with Crippen LogP contribution in [0.25, 0.3) is 21.5 Å². The van der Waals surface area contributed by atoms with E-state index < -0.39 is 4.92 Å². The van der Waals surface area contributed by atoms with Crippen LogP contribution in [0.3, 0.4) is 0 Å². The molecule has 4 rings (SSSR count). The third kappa shape index (κ3) is 4.66. The first-order valence-corrected chi connectivity index (χ1v) is 11.1. The van der Waals surface area contributed by atoms with Gasteiger partial charge in [-0.25, -0.2) is 9.97 Å². The van der Waals surface area contributed by atoms with Crippen molar-refractivity contribution in [1.82, 2.24) is 14.3 Å². The normalized spacial score (nSPS) is 10.9. The van der Waals surface area contributed by atoms with E-state index in [0.717, 1.165) is 15.8 Å². The van der Waals surface area contributed by atoms with Crippen LogP contribution in [0.4, 0.5) is 11.4 Å². The molecule has 0 radical (unpaired) electrons. The smallest absolute Gasteiger partial charge is 0.269 e. The number of nitrogens with one attached hydrogen (secondary N) is 1. The zero-order chi connectivity index (χ0) is 22.0. The number of hydrogen-bond donors (Lipinski definition) is 1. The molecule has 11 heteroatoms. The molecule has 2 aromatic heterocycles. The summed E-state index contributed by atoms with van der Waals surface area (Å²) in [7, 11) is 0. The van der Waals surface area contributed by atoms with Crippen molar-refractivity contribution in [3.63, 3.8) is 0 Å². The molecule has 4 aromatic rings. The molecule has 2 heterocycles. The van der Waals surface area contributed by atoms with Gasteiger partial charge in [0.15, 0.2) is 0 Å². The quantitative estimate of drug-likeness (QED) is 0.174. The third-order valence-corrected chi connectivity index (χ3v) is 6.74. The number of amides is 1. The number of non-ortho nitro benzene ring substituents is 1. The Morgan fingerprint density at radius 3 is 2.71 bits per heavy atom. The fourth-order valence-electron chi connectivity index (χ4n) is 2.78. The number of nitrogens with zero attached hydrogens (tertiary/aromatic N) is 4. The van der Waals surface area contributed by atoms with Gasteiger partial charge in [0.2, 0.25) is 5.91 Å². The van der Waals surface area contributed by atoms with E-state index in [0.29, 0.717) is 26.9 Å². The Hall–Kier alpha value is -3.08. The van der Waals surface area contributed by atoms with Gasteiger partial charge in [-0.3, -0.25) is 14.9 Å². The third-order valence-electron chi connectivity index (χ3n) is 4.37. The molecule has 0 aliphatic heterocycles. The van der Waals surface area contributed by atoms with Crippen LogP contribution in [0, 0.1) is 17.0 Å². The Morgan fingerprint density at radius 1 is 1.23 bits per heavy atom. The van der Waals surface area contributed by atoms with Gasteiger partial charge in [0.05, 0.1) is 10.7 Å². The van der Waals surface area contributed by atoms with Crippen LogP contribution in [-0.2, 0) is 4.79 Å². The molecule has 0 aliphatic rings. The molecule has 1 N–H and O–H groups in total. The Bertz CT molecular complexity index is 1290. The van der Waals surface area contributed by atoms with Gasteiger partial charge in [0, 0.05) is 28.4 Å². The van der Waals surface area contributed by atoms with Gasteiger partial charge in [-0.1, -0.05) is 29.4 Å². The molecule has 0 saturated heterocycles. The lowest BCUT2D eigenvalue weighted by Crippen LogP contribution is -2.14. The summed E-state index contributed by atoms with van der Waals surface area (Å²) >= 11 is 8.61. The summed E-state index contributed by atoms with van der Waals surface area (Å²) in [6, 6.07) is 11.5. The largest absolute Gasteiger partial charge is 0.325 e. The second kappa shape index (κ2) is 8.96. The molecule has 0 unspecified atom stereocenters. The maximum atomic E-state index is 12.3. The van der Waals surface area contributed by atoms with Gasteiger partial charge >= 0.3 is 0 Å². The number of benzene rings is 2. The molecule has 31 heavy (non-hydrogen) atoms. The van der Waals surface area contributed by atoms with E-state index in [9.17, 15) is 14.9 Å². The summed E-state index contributed by atoms with van der Waals surface area (Å²) in [5, 5.41) is 14.9. The monoisotopic (exact) mass is 471 g/mol. The first-order valence-electron chi connectivity index (χ1n) is 8.96. The molecule has 0 aliphatic carbocycles. The zero-order valence-corrected chi connectivity index (χ0v) is 18.4. The number of hydrogen-bond acceptors (Lipinski definition) is 8. The molecule has 8 nitrogen and oxygen atoms in total. The first-order chi connectivity index (χ1) is 14.9. The summed E-state index contributed by atoms with van der Waals surface area (Å²) in [6.45, 7) is 1.89. The van der Waals surface area contributed by atoms with E-state index >= 15 is 0 Å². The van der Waals surface area contributed by atoms with Crippen molar-refractivity contribution in [1.29, 1.82) is 0 Å². The average molecular weight is 472 g/mol. The molecule has 0 atom stereocenters. The highest BCUT2D eigenvalue weighted by atomic mass is 35.5. The number of halogens is 1. The molecule has 0 saturated carbocycles. The average Bonchev–Trinajstić information content (AvgIpc) is 3.20. The van der Waals surface area contributed by atoms with Crippen molar-refractivity contribution in [2.24, 2.45) is 0 Å². The highest BCUT2D eigenvalue weighted by Crippen LogP contribution is 2.35. The van der Waals surface area contributed by atoms with Crippen molar-refractivity contribution in [2.75, 3.05) is 11.1 Å². The van der Waals surface area contributed by atoms with Gasteiger partial charge < -0.3 is 5.32 Å². The SMILES string of the molecule is Cc1ccc(NC(=O)CSc2ncnc3c(-c4ccc([N+](=O)[O-])cc4)nsc23)cc1Cl. The summed E-state index contributed by atoms with van der Waals surface area (Å²) < 4.78 is 5.21. The minimum atomic E-state index is -0.449. The topological polar surface area (TPSA) is 111 Å². The van der Waals surface area contributed by atoms with Crippen LogP contribution >= 0.6 is 34.9 Å². The van der Waals surface area contributed by atoms with E-state index in [1.807, 2.05) is 13.0 Å². The molecule has 1 amide bonds. The second-order valence-corrected chi connectivity index (χ2v) is 8.64. The van der Waals surface area contributed by atoms with Gasteiger partial charge in [-0.05, 0) is 48.3 Å². The molecule has 2 aromatic carbocycles. The van der Waals surface area contributed by atoms with E-state index in [1.165, 1.54) is 41.8 Å². The van der Waals surface area contributed by atoms with Crippen molar-refractivity contribution in [3.05, 3.63) is 69.5 Å². The van der Waals surface area contributed by atoms with E-state index in [-0.39, 0.29) is 17.3 Å². The van der Waals surface area contributed by atoms with Gasteiger partial charge in [0.1, 0.15) is 27.3 Å². The fourth-order valence-corrected chi connectivity index (χ4v) is 4.68. The lowest BCUT2D eigenvalue weighted by molar-refractivity contribution is -0.384. The van der Waals surface area contributed by atoms with Crippen molar-refractivity contribution >= 4 is 62.4 Å². The van der Waals surface area contributed by atoms with Crippen LogP contribution in [0.1, 0.15) is 5.56 Å². The Morgan fingerprint density at radius 2 is 2.00 bits per heavy atom. The van der Waals surface area contributed by atoms with Crippen LogP contribution in [0.2, 0.25) is 5.02 Å². The highest BCUT2D eigenvalue weighted by molar-refractivity contribution is 8.00. The maximum absolute atomic E-state index is 12.3. The van der Waals surface area contributed by atoms with Crippen molar-refractivity contribution in [2.45, 2.75) is 11.9 Å². The number of rotatable bonds is 6. The second-order valence-electron chi connectivity index (χ2n) is 6.49. The maximum Gasteiger partial charge on any atom is 0.269 e. The number of aryl methyl sites for hydroxylation is 1. The number of carbonyl (C=O) groups is 1. The summed E-state index contributed by atoms with van der Waals surface area (Å²) in [5.41, 5.74) is 3.56. The number of carbonyl (C=O) groups excluding carboxylic acids is 1. The number of thioether (sulfide) groups is 1. The molecule has 0 bridgehead atoms. The number of fused-ring (bicyclic) bond motifs is 1. The lowest BCUT2D eigenvalue weighted by Gasteiger charge is -2.07. The predicted octanol–water partition coefficient (Wildman–Crippen LogP) is 5.35. The van der Waals surface area contributed by atoms with Gasteiger partial charge in [-0.15, -0.1) is 0 Å². The minimum absolute atomic E-state index is 0.00929. The predicted molar refractivity (Wildman–Crippen MR) is 123 cm³/mol. The fraction of sp³-hybridized carbons (Fsp3) is 0.100. The van der Waals surface area contributed by atoms with Crippen LogP contribution in [0.15, 0.2) is 53.8 Å². The Balaban J connectivity index is 1.50. The van der Waals surface area contributed by atoms with Crippen molar-refractivity contribution in [3.8, 4) is 11.3 Å².